The van der Waals surface area contributed by atoms with Gasteiger partial charge >= 0.3 is 0 Å². The number of nitrogens with one attached hydrogen (secondary N) is 1. The Bertz CT molecular complexity index is 647. The van der Waals surface area contributed by atoms with E-state index in [0.29, 0.717) is 62.7 Å². The number of hydrogen-bond acceptors (Lipinski definition) is 3. The first-order valence-electron chi connectivity index (χ1n) is 9.40. The maximum absolute atomic E-state index is 13.9. The molecule has 1 saturated heterocycles. The van der Waals surface area contributed by atoms with Gasteiger partial charge < -0.3 is 10.2 Å². The van der Waals surface area contributed by atoms with Gasteiger partial charge in [-0.25, -0.2) is 4.39 Å². The molecule has 1 aliphatic rings. The summed E-state index contributed by atoms with van der Waals surface area (Å²) in [5, 5.41) is 3.30. The van der Waals surface area contributed by atoms with Crippen LogP contribution in [0.1, 0.15) is 39.2 Å². The van der Waals surface area contributed by atoms with Crippen molar-refractivity contribution in [2.75, 3.05) is 32.7 Å². The summed E-state index contributed by atoms with van der Waals surface area (Å²) in [6.07, 6.45) is 1.05. The molecule has 1 fully saturated rings. The van der Waals surface area contributed by atoms with Crippen LogP contribution in [0.15, 0.2) is 18.2 Å². The van der Waals surface area contributed by atoms with E-state index in [1.54, 1.807) is 12.1 Å². The van der Waals surface area contributed by atoms with Crippen molar-refractivity contribution >= 4 is 23.4 Å². The summed E-state index contributed by atoms with van der Waals surface area (Å²) in [6, 6.07) is 4.71. The number of halogens is 2. The van der Waals surface area contributed by atoms with Crippen molar-refractivity contribution in [3.63, 3.8) is 0 Å². The number of carbonyl (C=O) groups is 2. The minimum Gasteiger partial charge on any atom is -0.356 e. The van der Waals surface area contributed by atoms with Crippen LogP contribution in [0.25, 0.3) is 0 Å². The number of hydrogen-bond donors (Lipinski definition) is 1. The maximum atomic E-state index is 13.9. The molecule has 0 radical (unpaired) electrons. The lowest BCUT2D eigenvalue weighted by atomic mass is 9.96. The summed E-state index contributed by atoms with van der Waals surface area (Å²) in [6.45, 7) is 9.18. The van der Waals surface area contributed by atoms with Crippen LogP contribution < -0.4 is 5.32 Å². The number of rotatable bonds is 6. The molecule has 0 spiro atoms. The first-order chi connectivity index (χ1) is 12.7. The lowest BCUT2D eigenvalue weighted by Gasteiger charge is -2.35. The molecule has 2 rings (SSSR count). The van der Waals surface area contributed by atoms with Crippen molar-refractivity contribution in [3.8, 4) is 0 Å². The zero-order valence-electron chi connectivity index (χ0n) is 16.4. The van der Waals surface area contributed by atoms with Crippen LogP contribution in [0.3, 0.4) is 0 Å². The van der Waals surface area contributed by atoms with Crippen molar-refractivity contribution < 1.29 is 14.0 Å². The van der Waals surface area contributed by atoms with Gasteiger partial charge in [-0.15, -0.1) is 0 Å². The van der Waals surface area contributed by atoms with Gasteiger partial charge in [-0.2, -0.15) is 0 Å². The Morgan fingerprint density at radius 1 is 1.19 bits per heavy atom. The monoisotopic (exact) mass is 397 g/mol. The first kappa shape index (κ1) is 21.6. The minimum atomic E-state index is -0.415. The average Bonchev–Trinajstić information content (AvgIpc) is 2.61. The molecule has 0 aliphatic carbocycles. The Balaban J connectivity index is 1.70. The first-order valence-corrected chi connectivity index (χ1v) is 9.77. The van der Waals surface area contributed by atoms with Crippen LogP contribution in [0.5, 0.6) is 0 Å². The normalized spacial score (nSPS) is 15.7. The number of amides is 2. The number of nitrogens with zero attached hydrogens (tertiary/aromatic N) is 2. The van der Waals surface area contributed by atoms with Gasteiger partial charge in [0.1, 0.15) is 5.82 Å². The number of carbonyl (C=O) groups excluding carboxylic acids is 2. The molecule has 150 valence electrons. The van der Waals surface area contributed by atoms with Gasteiger partial charge in [0.25, 0.3) is 0 Å². The van der Waals surface area contributed by atoms with Gasteiger partial charge in [0.2, 0.25) is 11.8 Å². The zero-order valence-corrected chi connectivity index (χ0v) is 17.1. The fourth-order valence-corrected chi connectivity index (χ4v) is 3.15. The highest BCUT2D eigenvalue weighted by molar-refractivity contribution is 6.31. The molecular formula is C20H29ClFN3O2. The van der Waals surface area contributed by atoms with Crippen LogP contribution in [0, 0.1) is 11.2 Å². The molecule has 1 aromatic carbocycles. The van der Waals surface area contributed by atoms with Crippen molar-refractivity contribution in [1.82, 2.24) is 15.1 Å². The van der Waals surface area contributed by atoms with E-state index in [1.165, 1.54) is 6.07 Å². The summed E-state index contributed by atoms with van der Waals surface area (Å²) >= 11 is 6.09. The van der Waals surface area contributed by atoms with Crippen molar-refractivity contribution in [2.45, 2.75) is 40.2 Å². The van der Waals surface area contributed by atoms with E-state index in [1.807, 2.05) is 25.7 Å². The summed E-state index contributed by atoms with van der Waals surface area (Å²) in [5.41, 5.74) is 0.0927. The molecule has 0 saturated carbocycles. The molecule has 5 nitrogen and oxygen atoms in total. The largest absolute Gasteiger partial charge is 0.356 e. The van der Waals surface area contributed by atoms with E-state index >= 15 is 0 Å². The van der Waals surface area contributed by atoms with Crippen molar-refractivity contribution in [1.29, 1.82) is 0 Å². The molecule has 0 atom stereocenters. The molecule has 1 aliphatic heterocycles. The minimum absolute atomic E-state index is 0.00429. The smallest absolute Gasteiger partial charge is 0.225 e. The highest BCUT2D eigenvalue weighted by Crippen LogP contribution is 2.21. The topological polar surface area (TPSA) is 52.7 Å². The van der Waals surface area contributed by atoms with E-state index in [0.717, 1.165) is 0 Å². The van der Waals surface area contributed by atoms with Crippen molar-refractivity contribution in [3.05, 3.63) is 34.6 Å². The number of benzene rings is 1. The quantitative estimate of drug-likeness (QED) is 0.750. The lowest BCUT2D eigenvalue weighted by Crippen LogP contribution is -2.48. The summed E-state index contributed by atoms with van der Waals surface area (Å²) in [4.78, 5) is 28.1. The van der Waals surface area contributed by atoms with Gasteiger partial charge in [0.15, 0.2) is 0 Å². The molecule has 1 aromatic rings. The molecule has 0 aromatic heterocycles. The Labute approximate surface area is 165 Å². The molecule has 1 N–H and O–H groups in total. The fourth-order valence-electron chi connectivity index (χ4n) is 2.93. The molecule has 7 heteroatoms. The summed E-state index contributed by atoms with van der Waals surface area (Å²) in [7, 11) is 0. The van der Waals surface area contributed by atoms with Gasteiger partial charge in [0, 0.05) is 61.7 Å². The fraction of sp³-hybridized carbons (Fsp3) is 0.600. The Morgan fingerprint density at radius 2 is 1.85 bits per heavy atom. The van der Waals surface area contributed by atoms with Gasteiger partial charge in [-0.3, -0.25) is 14.5 Å². The predicted molar refractivity (Wildman–Crippen MR) is 105 cm³/mol. The van der Waals surface area contributed by atoms with Crippen LogP contribution in [0.4, 0.5) is 4.39 Å². The summed E-state index contributed by atoms with van der Waals surface area (Å²) < 4.78 is 13.9. The molecule has 27 heavy (non-hydrogen) atoms. The molecular weight excluding hydrogens is 369 g/mol. The Morgan fingerprint density at radius 3 is 2.44 bits per heavy atom. The Kier molecular flexibility index (Phi) is 7.62. The standard InChI is InChI=1S/C20H29ClFN3O2/c1-20(2,3)19(27)23-9-5-8-18(26)25-12-10-24(11-13-25)14-15-16(21)6-4-7-17(15)22/h4,6-7H,5,8-14H2,1-3H3,(H,23,27). The molecule has 2 amide bonds. The third-order valence-corrected chi connectivity index (χ3v) is 5.06. The van der Waals surface area contributed by atoms with E-state index in [4.69, 9.17) is 11.6 Å². The second kappa shape index (κ2) is 9.51. The molecule has 0 unspecified atom stereocenters. The predicted octanol–water partition coefficient (Wildman–Crippen LogP) is 3.07. The van der Waals surface area contributed by atoms with Crippen molar-refractivity contribution in [2.24, 2.45) is 5.41 Å². The van der Waals surface area contributed by atoms with Gasteiger partial charge in [0.05, 0.1) is 0 Å². The van der Waals surface area contributed by atoms with Crippen LogP contribution in [0.2, 0.25) is 5.02 Å². The third kappa shape index (κ3) is 6.47. The van der Waals surface area contributed by atoms with Gasteiger partial charge in [-0.05, 0) is 18.6 Å². The van der Waals surface area contributed by atoms with E-state index in [2.05, 4.69) is 10.2 Å². The number of piperazine rings is 1. The Hall–Kier alpha value is -1.66. The molecule has 1 heterocycles. The zero-order chi connectivity index (χ0) is 20.0. The van der Waals surface area contributed by atoms with E-state index in [9.17, 15) is 14.0 Å². The average molecular weight is 398 g/mol. The second-order valence-corrected chi connectivity index (χ2v) is 8.37. The van der Waals surface area contributed by atoms with Crippen LogP contribution in [-0.2, 0) is 16.1 Å². The highest BCUT2D eigenvalue weighted by Gasteiger charge is 2.23. The highest BCUT2D eigenvalue weighted by atomic mass is 35.5. The maximum Gasteiger partial charge on any atom is 0.225 e. The van der Waals surface area contributed by atoms with E-state index < -0.39 is 5.41 Å². The molecule has 0 bridgehead atoms. The van der Waals surface area contributed by atoms with Crippen LogP contribution >= 0.6 is 11.6 Å². The van der Waals surface area contributed by atoms with E-state index in [-0.39, 0.29) is 17.6 Å². The third-order valence-electron chi connectivity index (χ3n) is 4.70. The second-order valence-electron chi connectivity index (χ2n) is 7.97. The van der Waals surface area contributed by atoms with Crippen LogP contribution in [-0.4, -0.2) is 54.3 Å². The summed E-state index contributed by atoms with van der Waals surface area (Å²) in [5.74, 6) is -0.197. The lowest BCUT2D eigenvalue weighted by molar-refractivity contribution is -0.133. The SMILES string of the molecule is CC(C)(C)C(=O)NCCCC(=O)N1CCN(Cc2c(F)cccc2Cl)CC1. The van der Waals surface area contributed by atoms with Gasteiger partial charge in [-0.1, -0.05) is 38.4 Å².